The van der Waals surface area contributed by atoms with E-state index < -0.39 is 16.0 Å². The summed E-state index contributed by atoms with van der Waals surface area (Å²) in [6, 6.07) is 4.30. The highest BCUT2D eigenvalue weighted by molar-refractivity contribution is 7.86. The van der Waals surface area contributed by atoms with Crippen LogP contribution in [0.5, 0.6) is 0 Å². The van der Waals surface area contributed by atoms with E-state index in [-0.39, 0.29) is 61.3 Å². The zero-order chi connectivity index (χ0) is 20.5. The predicted molar refractivity (Wildman–Crippen MR) is 104 cm³/mol. The first kappa shape index (κ1) is 21.4. The molecule has 3 rings (SSSR count). The van der Waals surface area contributed by atoms with Gasteiger partial charge in [0, 0.05) is 49.9 Å². The van der Waals surface area contributed by atoms with Gasteiger partial charge in [0.25, 0.3) is 10.2 Å². The van der Waals surface area contributed by atoms with Crippen molar-refractivity contribution in [2.75, 3.05) is 39.3 Å². The van der Waals surface area contributed by atoms with Gasteiger partial charge in [-0.1, -0.05) is 17.7 Å². The molecular weight excluding hydrogens is 409 g/mol. The maximum absolute atomic E-state index is 13.9. The fourth-order valence-corrected chi connectivity index (χ4v) is 5.59. The van der Waals surface area contributed by atoms with Crippen LogP contribution >= 0.6 is 11.6 Å². The molecule has 0 spiro atoms. The summed E-state index contributed by atoms with van der Waals surface area (Å²) in [6.07, 6.45) is -0.463. The van der Waals surface area contributed by atoms with Crippen LogP contribution < -0.4 is 0 Å². The quantitative estimate of drug-likeness (QED) is 0.721. The third kappa shape index (κ3) is 4.65. The molecule has 2 saturated heterocycles. The summed E-state index contributed by atoms with van der Waals surface area (Å²) in [7, 11) is -3.60. The molecule has 0 aliphatic carbocycles. The standard InChI is InChI=1S/C18H25ClFN3O4S/c1-13-11-23(12-14(2)27-13)28(25,26)22-8-6-21(7-9-22)18(24)10-15-16(19)4-3-5-17(15)20/h3-5,13-14H,6-12H2,1-2H3. The lowest BCUT2D eigenvalue weighted by atomic mass is 10.1. The van der Waals surface area contributed by atoms with Gasteiger partial charge in [-0.15, -0.1) is 0 Å². The van der Waals surface area contributed by atoms with Crippen molar-refractivity contribution in [3.8, 4) is 0 Å². The third-order valence-corrected chi connectivity index (χ3v) is 7.34. The van der Waals surface area contributed by atoms with Gasteiger partial charge in [0.1, 0.15) is 5.82 Å². The summed E-state index contributed by atoms with van der Waals surface area (Å²) in [5, 5.41) is 0.213. The smallest absolute Gasteiger partial charge is 0.282 e. The Balaban J connectivity index is 1.60. The third-order valence-electron chi connectivity index (χ3n) is 5.02. The molecule has 2 heterocycles. The van der Waals surface area contributed by atoms with E-state index in [1.807, 2.05) is 13.8 Å². The fraction of sp³-hybridized carbons (Fsp3) is 0.611. The van der Waals surface area contributed by atoms with E-state index in [1.54, 1.807) is 11.0 Å². The first-order valence-corrected chi connectivity index (χ1v) is 11.1. The van der Waals surface area contributed by atoms with Crippen molar-refractivity contribution in [2.24, 2.45) is 0 Å². The van der Waals surface area contributed by atoms with E-state index in [0.29, 0.717) is 13.1 Å². The summed E-state index contributed by atoms with van der Waals surface area (Å²) < 4.78 is 48.2. The zero-order valence-corrected chi connectivity index (χ0v) is 17.5. The SMILES string of the molecule is CC1CN(S(=O)(=O)N2CCN(C(=O)Cc3c(F)cccc3Cl)CC2)CC(C)O1. The summed E-state index contributed by atoms with van der Waals surface area (Å²) in [6.45, 7) is 5.28. The van der Waals surface area contributed by atoms with Crippen molar-refractivity contribution < 1.29 is 22.3 Å². The Morgan fingerprint density at radius 2 is 1.75 bits per heavy atom. The van der Waals surface area contributed by atoms with Gasteiger partial charge >= 0.3 is 0 Å². The number of hydrogen-bond donors (Lipinski definition) is 0. The average Bonchev–Trinajstić information content (AvgIpc) is 2.64. The van der Waals surface area contributed by atoms with Gasteiger partial charge < -0.3 is 9.64 Å². The normalized spacial score (nSPS) is 25.1. The van der Waals surface area contributed by atoms with Gasteiger partial charge in [0.15, 0.2) is 0 Å². The average molecular weight is 434 g/mol. The lowest BCUT2D eigenvalue weighted by Gasteiger charge is -2.40. The van der Waals surface area contributed by atoms with Gasteiger partial charge in [0.05, 0.1) is 18.6 Å². The maximum atomic E-state index is 13.9. The van der Waals surface area contributed by atoms with Crippen LogP contribution in [0.3, 0.4) is 0 Å². The number of amides is 1. The van der Waals surface area contributed by atoms with Crippen LogP contribution in [0.2, 0.25) is 5.02 Å². The molecule has 2 fully saturated rings. The number of benzene rings is 1. The minimum Gasteiger partial charge on any atom is -0.373 e. The minimum absolute atomic E-state index is 0.142. The Morgan fingerprint density at radius 3 is 2.32 bits per heavy atom. The highest BCUT2D eigenvalue weighted by atomic mass is 35.5. The van der Waals surface area contributed by atoms with E-state index in [4.69, 9.17) is 16.3 Å². The largest absolute Gasteiger partial charge is 0.373 e. The fourth-order valence-electron chi connectivity index (χ4n) is 3.61. The van der Waals surface area contributed by atoms with Crippen molar-refractivity contribution >= 4 is 27.7 Å². The molecular formula is C18H25ClFN3O4S. The van der Waals surface area contributed by atoms with Crippen LogP contribution in [0.4, 0.5) is 4.39 Å². The summed E-state index contributed by atoms with van der Waals surface area (Å²) in [5.74, 6) is -0.782. The Bertz CT molecular complexity index is 800. The molecule has 28 heavy (non-hydrogen) atoms. The van der Waals surface area contributed by atoms with Crippen molar-refractivity contribution in [1.29, 1.82) is 0 Å². The number of piperazine rings is 1. The second kappa shape index (κ2) is 8.62. The van der Waals surface area contributed by atoms with Crippen molar-refractivity contribution in [1.82, 2.24) is 13.5 Å². The van der Waals surface area contributed by atoms with E-state index in [2.05, 4.69) is 0 Å². The summed E-state index contributed by atoms with van der Waals surface area (Å²) in [5.41, 5.74) is 0.167. The van der Waals surface area contributed by atoms with Gasteiger partial charge in [-0.25, -0.2) is 4.39 Å². The molecule has 156 valence electrons. The lowest BCUT2D eigenvalue weighted by molar-refractivity contribution is -0.131. The molecule has 2 atom stereocenters. The van der Waals surface area contributed by atoms with Crippen LogP contribution in [0.25, 0.3) is 0 Å². The molecule has 0 N–H and O–H groups in total. The first-order chi connectivity index (χ1) is 13.2. The van der Waals surface area contributed by atoms with Crippen molar-refractivity contribution in [2.45, 2.75) is 32.5 Å². The number of rotatable bonds is 4. The second-order valence-electron chi connectivity index (χ2n) is 7.24. The number of carbonyl (C=O) groups is 1. The Kier molecular flexibility index (Phi) is 6.61. The van der Waals surface area contributed by atoms with Crippen LogP contribution in [-0.2, 0) is 26.2 Å². The number of ether oxygens (including phenoxy) is 1. The predicted octanol–water partition coefficient (Wildman–Crippen LogP) is 1.52. The number of carbonyl (C=O) groups excluding carboxylic acids is 1. The minimum atomic E-state index is -3.60. The number of hydrogen-bond acceptors (Lipinski definition) is 4. The van der Waals surface area contributed by atoms with E-state index in [0.717, 1.165) is 0 Å². The van der Waals surface area contributed by atoms with Crippen LogP contribution in [0, 0.1) is 5.82 Å². The Morgan fingerprint density at radius 1 is 1.14 bits per heavy atom. The monoisotopic (exact) mass is 433 g/mol. The van der Waals surface area contributed by atoms with E-state index in [1.165, 1.54) is 20.7 Å². The highest BCUT2D eigenvalue weighted by Crippen LogP contribution is 2.22. The maximum Gasteiger partial charge on any atom is 0.282 e. The Labute approximate surface area is 170 Å². The first-order valence-electron chi connectivity index (χ1n) is 9.30. The van der Waals surface area contributed by atoms with E-state index >= 15 is 0 Å². The van der Waals surface area contributed by atoms with Gasteiger partial charge in [0.2, 0.25) is 5.91 Å². The molecule has 1 aromatic carbocycles. The lowest BCUT2D eigenvalue weighted by Crippen LogP contribution is -2.57. The molecule has 1 aromatic rings. The Hall–Kier alpha value is -1.26. The van der Waals surface area contributed by atoms with Crippen LogP contribution in [0.1, 0.15) is 19.4 Å². The zero-order valence-electron chi connectivity index (χ0n) is 16.0. The molecule has 0 aromatic heterocycles. The van der Waals surface area contributed by atoms with Gasteiger partial charge in [-0.3, -0.25) is 4.79 Å². The molecule has 0 saturated carbocycles. The van der Waals surface area contributed by atoms with Crippen LogP contribution in [-0.4, -0.2) is 79.3 Å². The molecule has 7 nitrogen and oxygen atoms in total. The molecule has 2 unspecified atom stereocenters. The molecule has 2 aliphatic rings. The topological polar surface area (TPSA) is 70.2 Å². The number of nitrogens with zero attached hydrogens (tertiary/aromatic N) is 3. The number of halogens is 2. The van der Waals surface area contributed by atoms with Gasteiger partial charge in [-0.05, 0) is 26.0 Å². The van der Waals surface area contributed by atoms with Gasteiger partial charge in [-0.2, -0.15) is 17.0 Å². The molecule has 2 aliphatic heterocycles. The second-order valence-corrected chi connectivity index (χ2v) is 9.57. The molecule has 10 heteroatoms. The van der Waals surface area contributed by atoms with Crippen LogP contribution in [0.15, 0.2) is 18.2 Å². The molecule has 1 amide bonds. The van der Waals surface area contributed by atoms with E-state index in [9.17, 15) is 17.6 Å². The van der Waals surface area contributed by atoms with Crippen molar-refractivity contribution in [3.63, 3.8) is 0 Å². The van der Waals surface area contributed by atoms with Crippen molar-refractivity contribution in [3.05, 3.63) is 34.6 Å². The molecule has 0 radical (unpaired) electrons. The number of morpholine rings is 1. The highest BCUT2D eigenvalue weighted by Gasteiger charge is 2.37. The molecule has 0 bridgehead atoms. The summed E-state index contributed by atoms with van der Waals surface area (Å²) in [4.78, 5) is 14.1. The summed E-state index contributed by atoms with van der Waals surface area (Å²) >= 11 is 5.99.